The molecule has 264 valence electrons. The second-order valence-electron chi connectivity index (χ2n) is 12.2. The van der Waals surface area contributed by atoms with E-state index < -0.39 is 124 Å². The maximum absolute atomic E-state index is 11.5. The van der Waals surface area contributed by atoms with Crippen LogP contribution in [0.5, 0.6) is 0 Å². The van der Waals surface area contributed by atoms with Gasteiger partial charge in [0.25, 0.3) is 0 Å². The van der Waals surface area contributed by atoms with Crippen molar-refractivity contribution in [2.24, 2.45) is 28.7 Å². The van der Waals surface area contributed by atoms with Gasteiger partial charge in [0.15, 0.2) is 18.9 Å². The summed E-state index contributed by atoms with van der Waals surface area (Å²) in [4.78, 5) is 0. The van der Waals surface area contributed by atoms with Gasteiger partial charge in [-0.2, -0.15) is 0 Å². The Morgan fingerprint density at radius 1 is 0.667 bits per heavy atom. The van der Waals surface area contributed by atoms with E-state index in [2.05, 4.69) is 5.32 Å². The number of ether oxygens (including phenoxy) is 6. The van der Waals surface area contributed by atoms with Crippen molar-refractivity contribution in [2.75, 3.05) is 32.9 Å². The lowest BCUT2D eigenvalue weighted by atomic mass is 9.83. The van der Waals surface area contributed by atoms with Crippen LogP contribution in [0.15, 0.2) is 0 Å². The van der Waals surface area contributed by atoms with Gasteiger partial charge in [-0.05, 0) is 19.3 Å². The van der Waals surface area contributed by atoms with E-state index >= 15 is 0 Å². The van der Waals surface area contributed by atoms with Crippen molar-refractivity contribution in [1.82, 2.24) is 5.32 Å². The third-order valence-electron chi connectivity index (χ3n) is 9.00. The highest BCUT2D eigenvalue weighted by Crippen LogP contribution is 2.34. The molecule has 17 atom stereocenters. The number of hydrogen-bond donors (Lipinski definition) is 13. The van der Waals surface area contributed by atoms with Crippen LogP contribution in [0.25, 0.3) is 0 Å². The maximum atomic E-state index is 11.5. The van der Waals surface area contributed by atoms with Crippen molar-refractivity contribution >= 4 is 0 Å². The van der Waals surface area contributed by atoms with Crippen molar-refractivity contribution in [3.05, 3.63) is 0 Å². The molecule has 3 aliphatic heterocycles. The number of nitrogens with two attached hydrogens (primary N) is 5. The summed E-state index contributed by atoms with van der Waals surface area (Å²) in [5.41, 5.74) is 30.3. The first-order chi connectivity index (χ1) is 21.5. The summed E-state index contributed by atoms with van der Waals surface area (Å²) in [6, 6.07) is -4.12. The molecule has 0 amide bonds. The van der Waals surface area contributed by atoms with Gasteiger partial charge in [-0.3, -0.25) is 0 Å². The molecule has 0 aromatic rings. The van der Waals surface area contributed by atoms with E-state index in [9.17, 15) is 35.7 Å². The van der Waals surface area contributed by atoms with Gasteiger partial charge in [-0.25, -0.2) is 0 Å². The van der Waals surface area contributed by atoms with Crippen LogP contribution in [-0.2, 0) is 28.4 Å². The molecule has 0 aromatic heterocycles. The molecular weight excluding hydrogens is 604 g/mol. The lowest BCUT2D eigenvalue weighted by molar-refractivity contribution is -0.290. The van der Waals surface area contributed by atoms with Crippen molar-refractivity contribution < 1.29 is 64.2 Å². The van der Waals surface area contributed by atoms with Crippen LogP contribution in [0.1, 0.15) is 19.3 Å². The molecule has 3 saturated heterocycles. The Hall–Kier alpha value is -0.760. The van der Waals surface area contributed by atoms with Crippen LogP contribution in [0.3, 0.4) is 0 Å². The summed E-state index contributed by atoms with van der Waals surface area (Å²) >= 11 is 0. The van der Waals surface area contributed by atoms with Crippen LogP contribution in [0.2, 0.25) is 0 Å². The zero-order valence-corrected chi connectivity index (χ0v) is 25.0. The Kier molecular flexibility index (Phi) is 13.6. The monoisotopic (exact) mass is 656 g/mol. The van der Waals surface area contributed by atoms with Crippen LogP contribution in [-0.4, -0.2) is 179 Å². The molecule has 4 aliphatic rings. The molecule has 1 saturated carbocycles. The van der Waals surface area contributed by atoms with Crippen molar-refractivity contribution in [1.29, 1.82) is 0 Å². The Morgan fingerprint density at radius 2 is 1.31 bits per heavy atom. The average molecular weight is 657 g/mol. The molecule has 18 N–H and O–H groups in total. The molecule has 19 nitrogen and oxygen atoms in total. The van der Waals surface area contributed by atoms with Crippen LogP contribution >= 0.6 is 0 Å². The van der Waals surface area contributed by atoms with Crippen LogP contribution in [0.4, 0.5) is 0 Å². The topological polar surface area (TPSA) is 339 Å². The predicted molar refractivity (Wildman–Crippen MR) is 152 cm³/mol. The van der Waals surface area contributed by atoms with E-state index in [0.717, 1.165) is 0 Å². The molecule has 1 aliphatic carbocycles. The zero-order chi connectivity index (χ0) is 33.0. The fourth-order valence-corrected chi connectivity index (χ4v) is 6.25. The first kappa shape index (κ1) is 37.1. The predicted octanol–water partition coefficient (Wildman–Crippen LogP) is -7.85. The minimum atomic E-state index is -1.59. The molecule has 4 rings (SSSR count). The molecule has 0 radical (unpaired) electrons. The van der Waals surface area contributed by atoms with Gasteiger partial charge in [0.1, 0.15) is 48.8 Å². The van der Waals surface area contributed by atoms with E-state index in [1.54, 1.807) is 0 Å². The molecular formula is C26H52N6O13. The van der Waals surface area contributed by atoms with Crippen LogP contribution in [0, 0.1) is 0 Å². The molecule has 19 heteroatoms. The number of rotatable bonds is 13. The summed E-state index contributed by atoms with van der Waals surface area (Å²) in [5, 5.41) is 75.6. The Balaban J connectivity index is 1.54. The molecule has 0 spiro atoms. The standard InChI is InChI=1S/C26H52N6O13/c27-4-10-1-2-11(29)24(40-10)43-21-12(30)3-13(32-9(6-33)7-34)17(36)23(21)45-26-20(39)22(15(8-35)42-26)44-25-16(31)19(38)18(37)14(5-28)41-25/h9-26,32-39H,1-8,27-31H2/t10-,11+,12-,13+,14-,15+,16+,17-,18+,19+,20+,21+,22+,23+,24+,25+,26-/m0/s1. The minimum Gasteiger partial charge on any atom is -0.395 e. The largest absolute Gasteiger partial charge is 0.395 e. The average Bonchev–Trinajstić information content (AvgIpc) is 3.33. The van der Waals surface area contributed by atoms with E-state index in [0.29, 0.717) is 12.8 Å². The van der Waals surface area contributed by atoms with E-state index in [-0.39, 0.29) is 25.6 Å². The highest BCUT2D eigenvalue weighted by Gasteiger charge is 2.54. The second-order valence-corrected chi connectivity index (χ2v) is 12.2. The third-order valence-corrected chi connectivity index (χ3v) is 9.00. The normalized spacial score (nSPS) is 47.8. The fourth-order valence-electron chi connectivity index (χ4n) is 6.25. The fraction of sp³-hybridized carbons (Fsp3) is 1.00. The summed E-state index contributed by atoms with van der Waals surface area (Å²) in [7, 11) is 0. The summed E-state index contributed by atoms with van der Waals surface area (Å²) in [6.45, 7) is -1.39. The molecule has 0 bridgehead atoms. The van der Waals surface area contributed by atoms with Gasteiger partial charge in [-0.1, -0.05) is 0 Å². The van der Waals surface area contributed by atoms with Gasteiger partial charge < -0.3 is 98.2 Å². The molecule has 45 heavy (non-hydrogen) atoms. The molecule has 3 heterocycles. The Bertz CT molecular complexity index is 898. The highest BCUT2D eigenvalue weighted by molar-refractivity contribution is 5.03. The first-order valence-electron chi connectivity index (χ1n) is 15.4. The van der Waals surface area contributed by atoms with E-state index in [1.165, 1.54) is 0 Å². The van der Waals surface area contributed by atoms with Gasteiger partial charge in [-0.15, -0.1) is 0 Å². The number of hydrogen-bond acceptors (Lipinski definition) is 19. The Morgan fingerprint density at radius 3 is 1.93 bits per heavy atom. The summed E-state index contributed by atoms with van der Waals surface area (Å²) in [5.74, 6) is 0. The quantitative estimate of drug-likeness (QED) is 0.0875. The third kappa shape index (κ3) is 8.28. The first-order valence-corrected chi connectivity index (χ1v) is 15.4. The zero-order valence-electron chi connectivity index (χ0n) is 25.0. The van der Waals surface area contributed by atoms with E-state index in [1.807, 2.05) is 0 Å². The molecule has 4 fully saturated rings. The number of aliphatic hydroxyl groups excluding tert-OH is 7. The lowest BCUT2D eigenvalue weighted by Crippen LogP contribution is -2.67. The Labute approximate surface area is 260 Å². The van der Waals surface area contributed by atoms with E-state index in [4.69, 9.17) is 57.1 Å². The number of aliphatic hydroxyl groups is 7. The van der Waals surface area contributed by atoms with Crippen molar-refractivity contribution in [2.45, 2.75) is 129 Å². The second kappa shape index (κ2) is 16.6. The summed E-state index contributed by atoms with van der Waals surface area (Å²) < 4.78 is 35.6. The molecule has 0 unspecified atom stereocenters. The van der Waals surface area contributed by atoms with Crippen molar-refractivity contribution in [3.8, 4) is 0 Å². The number of nitrogens with one attached hydrogen (secondary N) is 1. The summed E-state index contributed by atoms with van der Waals surface area (Å²) in [6.07, 6.45) is -14.4. The minimum absolute atomic E-state index is 0.136. The van der Waals surface area contributed by atoms with Gasteiger partial charge in [0.2, 0.25) is 0 Å². The van der Waals surface area contributed by atoms with Gasteiger partial charge >= 0.3 is 0 Å². The molecule has 0 aromatic carbocycles. The van der Waals surface area contributed by atoms with Gasteiger partial charge in [0.05, 0.1) is 50.2 Å². The van der Waals surface area contributed by atoms with Gasteiger partial charge in [0, 0.05) is 25.2 Å². The van der Waals surface area contributed by atoms with Crippen molar-refractivity contribution in [3.63, 3.8) is 0 Å². The highest BCUT2D eigenvalue weighted by atomic mass is 16.8. The maximum Gasteiger partial charge on any atom is 0.187 e. The lowest BCUT2D eigenvalue weighted by Gasteiger charge is -2.47. The van der Waals surface area contributed by atoms with Crippen LogP contribution < -0.4 is 34.0 Å². The smallest absolute Gasteiger partial charge is 0.187 e. The SMILES string of the molecule is NC[C@@H]1CC[C@@H](N)[C@@H](O[C@H]2[C@H](O[C@@H]3O[C@H](CO)[C@@H](O[C@H]4O[C@@H](CN)[C@@H](O)[C@H](O)[C@H]4N)[C@H]3O)[C@@H](O)[C@H](NC(CO)CO)C[C@@H]2N)O1.